The number of fused-ring (bicyclic) bond motifs is 1. The van der Waals surface area contributed by atoms with Crippen molar-refractivity contribution in [2.45, 2.75) is 13.0 Å². The number of halogens is 1. The van der Waals surface area contributed by atoms with Crippen LogP contribution in [-0.2, 0) is 4.74 Å². The summed E-state index contributed by atoms with van der Waals surface area (Å²) in [5.74, 6) is -0.497. The van der Waals surface area contributed by atoms with E-state index < -0.39 is 12.1 Å². The molecule has 17 heavy (non-hydrogen) atoms. The minimum Gasteiger partial charge on any atom is -0.444 e. The smallest absolute Gasteiger partial charge is 0.341 e. The van der Waals surface area contributed by atoms with Crippen LogP contribution >= 0.6 is 15.9 Å². The molecule has 2 aromatic rings. The molecule has 1 aromatic heterocycles. The highest BCUT2D eigenvalue weighted by molar-refractivity contribution is 9.10. The van der Waals surface area contributed by atoms with E-state index in [0.29, 0.717) is 5.56 Å². The zero-order chi connectivity index (χ0) is 12.4. The SMILES string of the molecule is CC(C#N)OC(=O)c1c[nH]c2ccc(Br)cc12. The number of hydrogen-bond acceptors (Lipinski definition) is 3. The van der Waals surface area contributed by atoms with Crippen LogP contribution in [0.25, 0.3) is 10.9 Å². The fourth-order valence-electron chi connectivity index (χ4n) is 1.51. The Morgan fingerprint density at radius 3 is 3.06 bits per heavy atom. The molecule has 0 saturated carbocycles. The van der Waals surface area contributed by atoms with Gasteiger partial charge in [0.2, 0.25) is 0 Å². The first-order chi connectivity index (χ1) is 8.11. The zero-order valence-corrected chi connectivity index (χ0v) is 10.6. The number of carbonyl (C=O) groups excluding carboxylic acids is 1. The monoisotopic (exact) mass is 292 g/mol. The fourth-order valence-corrected chi connectivity index (χ4v) is 1.87. The molecule has 1 heterocycles. The van der Waals surface area contributed by atoms with Crippen LogP contribution in [0.5, 0.6) is 0 Å². The fraction of sp³-hybridized carbons (Fsp3) is 0.167. The molecule has 0 amide bonds. The molecule has 0 spiro atoms. The third-order valence-corrected chi connectivity index (χ3v) is 2.82. The number of ether oxygens (including phenoxy) is 1. The Hall–Kier alpha value is -1.80. The summed E-state index contributed by atoms with van der Waals surface area (Å²) >= 11 is 3.35. The first kappa shape index (κ1) is 11.7. The Morgan fingerprint density at radius 2 is 2.35 bits per heavy atom. The lowest BCUT2D eigenvalue weighted by Gasteiger charge is -2.04. The lowest BCUT2D eigenvalue weighted by atomic mass is 10.2. The lowest BCUT2D eigenvalue weighted by Crippen LogP contribution is -2.12. The quantitative estimate of drug-likeness (QED) is 0.865. The molecule has 0 aliphatic carbocycles. The molecule has 0 aliphatic rings. The van der Waals surface area contributed by atoms with Gasteiger partial charge in [0.1, 0.15) is 6.07 Å². The number of esters is 1. The maximum absolute atomic E-state index is 11.8. The van der Waals surface area contributed by atoms with Crippen molar-refractivity contribution in [3.8, 4) is 6.07 Å². The zero-order valence-electron chi connectivity index (χ0n) is 9.03. The summed E-state index contributed by atoms with van der Waals surface area (Å²) in [4.78, 5) is 14.8. The van der Waals surface area contributed by atoms with E-state index in [0.717, 1.165) is 15.4 Å². The summed E-state index contributed by atoms with van der Waals surface area (Å²) < 4.78 is 5.84. The van der Waals surface area contributed by atoms with Crippen molar-refractivity contribution in [2.75, 3.05) is 0 Å². The van der Waals surface area contributed by atoms with Crippen molar-refractivity contribution in [3.63, 3.8) is 0 Å². The van der Waals surface area contributed by atoms with Crippen LogP contribution in [0.3, 0.4) is 0 Å². The van der Waals surface area contributed by atoms with Crippen LogP contribution < -0.4 is 0 Å². The van der Waals surface area contributed by atoms with Gasteiger partial charge in [-0.25, -0.2) is 4.79 Å². The van der Waals surface area contributed by atoms with E-state index in [9.17, 15) is 4.79 Å². The number of nitriles is 1. The van der Waals surface area contributed by atoms with Crippen LogP contribution in [-0.4, -0.2) is 17.1 Å². The minimum absolute atomic E-state index is 0.434. The van der Waals surface area contributed by atoms with Gasteiger partial charge in [-0.2, -0.15) is 5.26 Å². The van der Waals surface area contributed by atoms with Crippen LogP contribution in [0.4, 0.5) is 0 Å². The van der Waals surface area contributed by atoms with Crippen molar-refractivity contribution >= 4 is 32.8 Å². The maximum atomic E-state index is 11.8. The molecule has 1 N–H and O–H groups in total. The topological polar surface area (TPSA) is 65.9 Å². The maximum Gasteiger partial charge on any atom is 0.341 e. The number of H-pyrrole nitrogens is 1. The van der Waals surface area contributed by atoms with Crippen molar-refractivity contribution in [1.82, 2.24) is 4.98 Å². The minimum atomic E-state index is -0.750. The summed E-state index contributed by atoms with van der Waals surface area (Å²) in [6, 6.07) is 7.43. The van der Waals surface area contributed by atoms with Gasteiger partial charge in [-0.15, -0.1) is 0 Å². The van der Waals surface area contributed by atoms with Crippen molar-refractivity contribution in [2.24, 2.45) is 0 Å². The molecule has 2 rings (SSSR count). The van der Waals surface area contributed by atoms with Crippen molar-refractivity contribution < 1.29 is 9.53 Å². The summed E-state index contributed by atoms with van der Waals surface area (Å²) in [7, 11) is 0. The highest BCUT2D eigenvalue weighted by Gasteiger charge is 2.16. The Labute approximate surface area is 106 Å². The van der Waals surface area contributed by atoms with Gasteiger partial charge in [-0.05, 0) is 25.1 Å². The number of rotatable bonds is 2. The first-order valence-electron chi connectivity index (χ1n) is 4.99. The van der Waals surface area contributed by atoms with Gasteiger partial charge in [-0.3, -0.25) is 0 Å². The largest absolute Gasteiger partial charge is 0.444 e. The lowest BCUT2D eigenvalue weighted by molar-refractivity contribution is 0.0438. The van der Waals surface area contributed by atoms with Crippen molar-refractivity contribution in [1.29, 1.82) is 5.26 Å². The standard InChI is InChI=1S/C12H9BrN2O2/c1-7(5-14)17-12(16)10-6-15-11-3-2-8(13)4-9(10)11/h2-4,6-7,15H,1H3. The Morgan fingerprint density at radius 1 is 1.59 bits per heavy atom. The third kappa shape index (κ3) is 2.32. The molecule has 0 bridgehead atoms. The second-order valence-corrected chi connectivity index (χ2v) is 4.48. The molecule has 4 nitrogen and oxygen atoms in total. The number of benzene rings is 1. The second-order valence-electron chi connectivity index (χ2n) is 3.57. The van der Waals surface area contributed by atoms with Gasteiger partial charge in [0.15, 0.2) is 6.10 Å². The predicted octanol–water partition coefficient (Wildman–Crippen LogP) is 3.00. The second kappa shape index (κ2) is 4.60. The number of carbonyl (C=O) groups is 1. The number of aromatic nitrogens is 1. The molecule has 0 aliphatic heterocycles. The molecule has 1 aromatic carbocycles. The molecule has 1 unspecified atom stereocenters. The van der Waals surface area contributed by atoms with Gasteiger partial charge in [0.25, 0.3) is 0 Å². The molecule has 86 valence electrons. The van der Waals surface area contributed by atoms with Gasteiger partial charge < -0.3 is 9.72 Å². The van der Waals surface area contributed by atoms with Gasteiger partial charge >= 0.3 is 5.97 Å². The Kier molecular flexibility index (Phi) is 3.16. The van der Waals surface area contributed by atoms with E-state index in [1.807, 2.05) is 24.3 Å². The van der Waals surface area contributed by atoms with E-state index in [1.54, 1.807) is 6.20 Å². The average Bonchev–Trinajstić information content (AvgIpc) is 2.71. The number of aromatic amines is 1. The van der Waals surface area contributed by atoms with E-state index in [1.165, 1.54) is 6.92 Å². The molecular weight excluding hydrogens is 284 g/mol. The molecule has 0 fully saturated rings. The molecule has 5 heteroatoms. The van der Waals surface area contributed by atoms with E-state index in [-0.39, 0.29) is 0 Å². The molecular formula is C12H9BrN2O2. The number of hydrogen-bond donors (Lipinski definition) is 1. The number of nitrogens with zero attached hydrogens (tertiary/aromatic N) is 1. The normalized spacial score (nSPS) is 12.1. The van der Waals surface area contributed by atoms with E-state index in [4.69, 9.17) is 10.00 Å². The summed E-state index contributed by atoms with van der Waals surface area (Å²) in [6.45, 7) is 1.53. The van der Waals surface area contributed by atoms with Crippen LogP contribution in [0.2, 0.25) is 0 Å². The molecule has 0 radical (unpaired) electrons. The van der Waals surface area contributed by atoms with Gasteiger partial charge in [0.05, 0.1) is 5.56 Å². The van der Waals surface area contributed by atoms with E-state index >= 15 is 0 Å². The van der Waals surface area contributed by atoms with E-state index in [2.05, 4.69) is 20.9 Å². The van der Waals surface area contributed by atoms with Crippen LogP contribution in [0, 0.1) is 11.3 Å². The molecule has 0 saturated heterocycles. The predicted molar refractivity (Wildman–Crippen MR) is 66.5 cm³/mol. The summed E-state index contributed by atoms with van der Waals surface area (Å²) in [5, 5.41) is 9.37. The third-order valence-electron chi connectivity index (χ3n) is 2.33. The van der Waals surface area contributed by atoms with Gasteiger partial charge in [-0.1, -0.05) is 15.9 Å². The Bertz CT molecular complexity index is 612. The number of nitrogens with one attached hydrogen (secondary N) is 1. The van der Waals surface area contributed by atoms with Crippen molar-refractivity contribution in [3.05, 3.63) is 34.4 Å². The van der Waals surface area contributed by atoms with Crippen LogP contribution in [0.15, 0.2) is 28.9 Å². The first-order valence-corrected chi connectivity index (χ1v) is 5.78. The van der Waals surface area contributed by atoms with Gasteiger partial charge in [0, 0.05) is 21.6 Å². The highest BCUT2D eigenvalue weighted by atomic mass is 79.9. The summed E-state index contributed by atoms with van der Waals surface area (Å²) in [6.07, 6.45) is 0.836. The Balaban J connectivity index is 2.39. The summed E-state index contributed by atoms with van der Waals surface area (Å²) in [5.41, 5.74) is 1.29. The molecule has 1 atom stereocenters. The van der Waals surface area contributed by atoms with Crippen LogP contribution in [0.1, 0.15) is 17.3 Å². The highest BCUT2D eigenvalue weighted by Crippen LogP contribution is 2.23. The average molecular weight is 293 g/mol.